The van der Waals surface area contributed by atoms with Crippen molar-refractivity contribution >= 4 is 43.7 Å². The highest BCUT2D eigenvalue weighted by molar-refractivity contribution is 6.11. The molecule has 0 aliphatic rings. The topological polar surface area (TPSA) is 56.7 Å². The van der Waals surface area contributed by atoms with Gasteiger partial charge in [0, 0.05) is 43.9 Å². The Morgan fingerprint density at radius 3 is 1.61 bits per heavy atom. The van der Waals surface area contributed by atoms with Gasteiger partial charge in [-0.3, -0.25) is 0 Å². The van der Waals surface area contributed by atoms with Crippen LogP contribution in [0.4, 0.5) is 0 Å². The van der Waals surface area contributed by atoms with Crippen LogP contribution >= 0.6 is 0 Å². The Hall–Kier alpha value is -7.63. The van der Waals surface area contributed by atoms with E-state index in [0.717, 1.165) is 77.6 Å². The van der Waals surface area contributed by atoms with Crippen LogP contribution in [0.25, 0.3) is 106 Å². The molecule has 0 spiro atoms. The fourth-order valence-corrected chi connectivity index (χ4v) is 7.98. The van der Waals surface area contributed by atoms with Crippen LogP contribution < -0.4 is 0 Å². The van der Waals surface area contributed by atoms with E-state index in [-0.39, 0.29) is 0 Å². The molecule has 8 aromatic carbocycles. The predicted octanol–water partition coefficient (Wildman–Crippen LogP) is 13.2. The zero-order valence-corrected chi connectivity index (χ0v) is 30.2. The van der Waals surface area contributed by atoms with Gasteiger partial charge in [-0.05, 0) is 64.7 Å². The van der Waals surface area contributed by atoms with E-state index in [1.54, 1.807) is 0 Å². The van der Waals surface area contributed by atoms with Gasteiger partial charge in [-0.1, -0.05) is 152 Å². The van der Waals surface area contributed by atoms with E-state index in [1.165, 1.54) is 10.8 Å². The molecule has 0 aliphatic carbocycles. The highest BCUT2D eigenvalue weighted by Gasteiger charge is 2.18. The first-order valence-electron chi connectivity index (χ1n) is 18.8. The third-order valence-corrected chi connectivity index (χ3v) is 10.7. The van der Waals surface area contributed by atoms with E-state index in [9.17, 15) is 0 Å². The lowest BCUT2D eigenvalue weighted by atomic mass is 9.98. The van der Waals surface area contributed by atoms with E-state index < -0.39 is 0 Å². The second-order valence-electron chi connectivity index (χ2n) is 14.0. The summed E-state index contributed by atoms with van der Waals surface area (Å²) >= 11 is 0. The lowest BCUT2D eigenvalue weighted by Gasteiger charge is -2.13. The number of benzene rings is 8. The number of fused-ring (bicyclic) bond motifs is 6. The van der Waals surface area contributed by atoms with E-state index in [0.29, 0.717) is 17.5 Å². The third kappa shape index (κ3) is 5.37. The average Bonchev–Trinajstić information content (AvgIpc) is 3.82. The first kappa shape index (κ1) is 31.9. The van der Waals surface area contributed by atoms with Gasteiger partial charge in [0.25, 0.3) is 0 Å². The summed E-state index contributed by atoms with van der Waals surface area (Å²) in [4.78, 5) is 15.0. The molecule has 11 aromatic rings. The molecule has 0 amide bonds. The zero-order valence-electron chi connectivity index (χ0n) is 30.2. The SMILES string of the molecule is c1ccc(-c2nc(-c3ccccc3)nc(-c3ccccc3-c3ccc(-n4c5ccccc5c5ccc(-c6ccc7oc8ccccc8c7c6)cc54)cc3)n2)cc1. The summed E-state index contributed by atoms with van der Waals surface area (Å²) in [6.07, 6.45) is 0. The van der Waals surface area contributed by atoms with Crippen molar-refractivity contribution in [2.24, 2.45) is 0 Å². The van der Waals surface area contributed by atoms with Crippen LogP contribution in [-0.2, 0) is 0 Å². The summed E-state index contributed by atoms with van der Waals surface area (Å²) in [7, 11) is 0. The molecule has 0 atom stereocenters. The lowest BCUT2D eigenvalue weighted by Crippen LogP contribution is -2.01. The first-order chi connectivity index (χ1) is 27.7. The van der Waals surface area contributed by atoms with Crippen molar-refractivity contribution in [3.8, 4) is 62.1 Å². The molecule has 0 unspecified atom stereocenters. The van der Waals surface area contributed by atoms with Crippen LogP contribution in [0.2, 0.25) is 0 Å². The fraction of sp³-hybridized carbons (Fsp3) is 0. The third-order valence-electron chi connectivity index (χ3n) is 10.7. The molecule has 0 bridgehead atoms. The summed E-state index contributed by atoms with van der Waals surface area (Å²) in [5.74, 6) is 1.92. The van der Waals surface area contributed by atoms with Crippen LogP contribution in [0.1, 0.15) is 0 Å². The highest BCUT2D eigenvalue weighted by atomic mass is 16.3. The summed E-state index contributed by atoms with van der Waals surface area (Å²) in [6.45, 7) is 0. The van der Waals surface area contributed by atoms with E-state index in [1.807, 2.05) is 78.9 Å². The monoisotopic (exact) mass is 716 g/mol. The Labute approximate surface area is 322 Å². The summed E-state index contributed by atoms with van der Waals surface area (Å²) in [5, 5.41) is 4.69. The van der Waals surface area contributed by atoms with Gasteiger partial charge in [0.15, 0.2) is 17.5 Å². The van der Waals surface area contributed by atoms with Crippen molar-refractivity contribution in [3.63, 3.8) is 0 Å². The van der Waals surface area contributed by atoms with Crippen molar-refractivity contribution in [2.75, 3.05) is 0 Å². The van der Waals surface area contributed by atoms with Gasteiger partial charge in [-0.15, -0.1) is 0 Å². The minimum absolute atomic E-state index is 0.633. The predicted molar refractivity (Wildman–Crippen MR) is 229 cm³/mol. The van der Waals surface area contributed by atoms with Crippen molar-refractivity contribution in [3.05, 3.63) is 194 Å². The number of nitrogens with zero attached hydrogens (tertiary/aromatic N) is 4. The molecule has 11 rings (SSSR count). The Bertz CT molecular complexity index is 3180. The van der Waals surface area contributed by atoms with Crippen LogP contribution in [0.3, 0.4) is 0 Å². The van der Waals surface area contributed by atoms with E-state index in [2.05, 4.69) is 120 Å². The number of para-hydroxylation sites is 2. The summed E-state index contributed by atoms with van der Waals surface area (Å²) < 4.78 is 8.51. The molecule has 3 aromatic heterocycles. The van der Waals surface area contributed by atoms with Crippen LogP contribution in [0, 0.1) is 0 Å². The van der Waals surface area contributed by atoms with Gasteiger partial charge in [0.1, 0.15) is 11.2 Å². The quantitative estimate of drug-likeness (QED) is 0.172. The van der Waals surface area contributed by atoms with Crippen LogP contribution in [0.15, 0.2) is 199 Å². The first-order valence-corrected chi connectivity index (χ1v) is 18.8. The van der Waals surface area contributed by atoms with Crippen molar-refractivity contribution < 1.29 is 4.42 Å². The van der Waals surface area contributed by atoms with Crippen molar-refractivity contribution in [1.82, 2.24) is 19.5 Å². The van der Waals surface area contributed by atoms with Gasteiger partial charge in [0.2, 0.25) is 0 Å². The highest BCUT2D eigenvalue weighted by Crippen LogP contribution is 2.38. The molecule has 0 aliphatic heterocycles. The van der Waals surface area contributed by atoms with Gasteiger partial charge < -0.3 is 8.98 Å². The maximum absolute atomic E-state index is 6.14. The van der Waals surface area contributed by atoms with Gasteiger partial charge in [-0.2, -0.15) is 0 Å². The van der Waals surface area contributed by atoms with Crippen molar-refractivity contribution in [2.45, 2.75) is 0 Å². The zero-order chi connectivity index (χ0) is 37.0. The Morgan fingerprint density at radius 1 is 0.321 bits per heavy atom. The standard InChI is InChI=1S/C51H32N4O/c1-3-13-34(14-4-1)49-52-50(35-15-5-2-6-16-35)54-51(53-49)43-20-8-7-17-39(43)33-23-27-38(28-24-33)55-45-21-11-9-18-40(45)41-29-25-37(32-46(41)55)36-26-30-48-44(31-36)42-19-10-12-22-47(42)56-48/h1-32H. The molecule has 0 N–H and O–H groups in total. The van der Waals surface area contributed by atoms with Crippen LogP contribution in [-0.4, -0.2) is 19.5 Å². The molecular formula is C51H32N4O. The Morgan fingerprint density at radius 2 is 0.857 bits per heavy atom. The maximum Gasteiger partial charge on any atom is 0.164 e. The minimum Gasteiger partial charge on any atom is -0.456 e. The number of rotatable bonds is 6. The largest absolute Gasteiger partial charge is 0.456 e. The molecule has 5 nitrogen and oxygen atoms in total. The molecule has 0 fully saturated rings. The smallest absolute Gasteiger partial charge is 0.164 e. The Balaban J connectivity index is 1.02. The van der Waals surface area contributed by atoms with E-state index in [4.69, 9.17) is 19.4 Å². The number of aromatic nitrogens is 4. The molecule has 0 radical (unpaired) electrons. The Kier molecular flexibility index (Phi) is 7.42. The second kappa shape index (κ2) is 13.0. The number of hydrogen-bond donors (Lipinski definition) is 0. The van der Waals surface area contributed by atoms with Gasteiger partial charge >= 0.3 is 0 Å². The lowest BCUT2D eigenvalue weighted by molar-refractivity contribution is 0.669. The van der Waals surface area contributed by atoms with Crippen molar-refractivity contribution in [1.29, 1.82) is 0 Å². The normalized spacial score (nSPS) is 11.6. The molecule has 262 valence electrons. The summed E-state index contributed by atoms with van der Waals surface area (Å²) in [5.41, 5.74) is 12.5. The minimum atomic E-state index is 0.633. The molecule has 5 heteroatoms. The molecule has 3 heterocycles. The molecule has 0 saturated heterocycles. The second-order valence-corrected chi connectivity index (χ2v) is 14.0. The van der Waals surface area contributed by atoms with Gasteiger partial charge in [-0.25, -0.2) is 15.0 Å². The molecule has 56 heavy (non-hydrogen) atoms. The summed E-state index contributed by atoms with van der Waals surface area (Å²) in [6, 6.07) is 67.6. The van der Waals surface area contributed by atoms with Crippen LogP contribution in [0.5, 0.6) is 0 Å². The fourth-order valence-electron chi connectivity index (χ4n) is 7.98. The number of furan rings is 1. The van der Waals surface area contributed by atoms with Gasteiger partial charge in [0.05, 0.1) is 11.0 Å². The molecular weight excluding hydrogens is 685 g/mol. The average molecular weight is 717 g/mol. The molecule has 0 saturated carbocycles. The van der Waals surface area contributed by atoms with E-state index >= 15 is 0 Å². The number of hydrogen-bond acceptors (Lipinski definition) is 4. The maximum atomic E-state index is 6.14.